The molecular formula is C19H15BrClNO4S. The summed E-state index contributed by atoms with van der Waals surface area (Å²) in [5.41, 5.74) is 1.01. The largest absolute Gasteiger partial charge is 0.459 e. The fraction of sp³-hybridized carbons (Fsp3) is 0.105. The Labute approximate surface area is 170 Å². The Kier molecular flexibility index (Phi) is 5.74. The number of halogens is 2. The Morgan fingerprint density at radius 3 is 2.48 bits per heavy atom. The number of nitrogens with one attached hydrogen (secondary N) is 1. The molecule has 0 unspecified atom stereocenters. The van der Waals surface area contributed by atoms with E-state index >= 15 is 0 Å². The van der Waals surface area contributed by atoms with Crippen LogP contribution in [-0.4, -0.2) is 20.6 Å². The summed E-state index contributed by atoms with van der Waals surface area (Å²) in [7, 11) is -3.43. The van der Waals surface area contributed by atoms with Crippen LogP contribution in [0.4, 0.5) is 0 Å². The Bertz CT molecular complexity index is 1090. The minimum atomic E-state index is -3.43. The molecule has 140 valence electrons. The lowest BCUT2D eigenvalue weighted by Gasteiger charge is -2.07. The second kappa shape index (κ2) is 7.88. The average molecular weight is 469 g/mol. The summed E-state index contributed by atoms with van der Waals surface area (Å²) in [6.45, 7) is 0.148. The van der Waals surface area contributed by atoms with Crippen LogP contribution in [0.15, 0.2) is 68.4 Å². The third-order valence-corrected chi connectivity index (χ3v) is 5.79. The van der Waals surface area contributed by atoms with E-state index in [-0.39, 0.29) is 22.0 Å². The van der Waals surface area contributed by atoms with E-state index in [2.05, 4.69) is 21.2 Å². The monoisotopic (exact) mass is 467 g/mol. The van der Waals surface area contributed by atoms with Crippen molar-refractivity contribution in [3.05, 3.63) is 75.4 Å². The molecule has 0 bridgehead atoms. The topological polar surface area (TPSA) is 76.4 Å². The van der Waals surface area contributed by atoms with Crippen LogP contribution in [0.3, 0.4) is 0 Å². The van der Waals surface area contributed by atoms with Crippen LogP contribution in [0.2, 0.25) is 5.02 Å². The standard InChI is InChI=1S/C19H15BrClNO4S/c1-27(24,25)15-7-8-17(21)16(10-15)19(23)22-11-14-6-9-18(26-14)12-2-4-13(20)5-3-12/h2-10H,11H2,1H3,(H,22,23). The van der Waals surface area contributed by atoms with Crippen molar-refractivity contribution < 1.29 is 17.6 Å². The summed E-state index contributed by atoms with van der Waals surface area (Å²) in [6.07, 6.45) is 1.07. The molecule has 0 aliphatic rings. The van der Waals surface area contributed by atoms with Gasteiger partial charge in [-0.15, -0.1) is 0 Å². The maximum Gasteiger partial charge on any atom is 0.253 e. The maximum absolute atomic E-state index is 12.4. The SMILES string of the molecule is CS(=O)(=O)c1ccc(Cl)c(C(=O)NCc2ccc(-c3ccc(Br)cc3)o2)c1. The summed E-state index contributed by atoms with van der Waals surface area (Å²) in [6, 6.07) is 15.3. The van der Waals surface area contributed by atoms with Gasteiger partial charge in [0.25, 0.3) is 5.91 Å². The molecule has 0 aliphatic heterocycles. The number of benzene rings is 2. The van der Waals surface area contributed by atoms with E-state index in [9.17, 15) is 13.2 Å². The summed E-state index contributed by atoms with van der Waals surface area (Å²) in [4.78, 5) is 12.4. The van der Waals surface area contributed by atoms with Gasteiger partial charge >= 0.3 is 0 Å². The molecule has 8 heteroatoms. The maximum atomic E-state index is 12.4. The van der Waals surface area contributed by atoms with Crippen molar-refractivity contribution in [1.29, 1.82) is 0 Å². The molecule has 1 amide bonds. The molecule has 0 aliphatic carbocycles. The van der Waals surface area contributed by atoms with Gasteiger partial charge in [0, 0.05) is 16.3 Å². The van der Waals surface area contributed by atoms with Crippen molar-refractivity contribution >= 4 is 43.3 Å². The molecule has 0 saturated carbocycles. The molecule has 1 N–H and O–H groups in total. The second-order valence-corrected chi connectivity index (χ2v) is 9.21. The lowest BCUT2D eigenvalue weighted by molar-refractivity contribution is 0.0948. The molecule has 0 spiro atoms. The Morgan fingerprint density at radius 2 is 1.81 bits per heavy atom. The minimum absolute atomic E-state index is 0.0348. The van der Waals surface area contributed by atoms with E-state index in [0.29, 0.717) is 11.5 Å². The van der Waals surface area contributed by atoms with Crippen molar-refractivity contribution in [3.8, 4) is 11.3 Å². The van der Waals surface area contributed by atoms with Gasteiger partial charge in [-0.25, -0.2) is 8.42 Å². The number of carbonyl (C=O) groups is 1. The molecule has 1 aromatic heterocycles. The molecule has 2 aromatic carbocycles. The van der Waals surface area contributed by atoms with Crippen molar-refractivity contribution in [2.45, 2.75) is 11.4 Å². The summed E-state index contributed by atoms with van der Waals surface area (Å²) >= 11 is 9.42. The van der Waals surface area contributed by atoms with E-state index < -0.39 is 15.7 Å². The third kappa shape index (κ3) is 4.80. The van der Waals surface area contributed by atoms with E-state index in [0.717, 1.165) is 16.3 Å². The van der Waals surface area contributed by atoms with Gasteiger partial charge in [-0.2, -0.15) is 0 Å². The highest BCUT2D eigenvalue weighted by Crippen LogP contribution is 2.24. The van der Waals surface area contributed by atoms with Crippen molar-refractivity contribution in [2.24, 2.45) is 0 Å². The first-order chi connectivity index (χ1) is 12.7. The van der Waals surface area contributed by atoms with Crippen molar-refractivity contribution in [2.75, 3.05) is 6.26 Å². The molecule has 0 radical (unpaired) electrons. The second-order valence-electron chi connectivity index (χ2n) is 5.87. The van der Waals surface area contributed by atoms with Crippen LogP contribution in [0.5, 0.6) is 0 Å². The molecule has 5 nitrogen and oxygen atoms in total. The molecule has 3 rings (SSSR count). The van der Waals surface area contributed by atoms with Crippen LogP contribution in [-0.2, 0) is 16.4 Å². The molecule has 0 fully saturated rings. The first-order valence-corrected chi connectivity index (χ1v) is 10.9. The summed E-state index contributed by atoms with van der Waals surface area (Å²) < 4.78 is 30.0. The van der Waals surface area contributed by atoms with Crippen LogP contribution >= 0.6 is 27.5 Å². The number of carbonyl (C=O) groups excluding carboxylic acids is 1. The minimum Gasteiger partial charge on any atom is -0.459 e. The quantitative estimate of drug-likeness (QED) is 0.589. The zero-order chi connectivity index (χ0) is 19.6. The first-order valence-electron chi connectivity index (χ1n) is 7.86. The average Bonchev–Trinajstić information content (AvgIpc) is 3.08. The Balaban J connectivity index is 1.72. The number of rotatable bonds is 5. The zero-order valence-corrected chi connectivity index (χ0v) is 17.4. The molecular weight excluding hydrogens is 454 g/mol. The predicted octanol–water partition coefficient (Wildman–Crippen LogP) is 4.70. The molecule has 0 atom stereocenters. The molecule has 1 heterocycles. The highest BCUT2D eigenvalue weighted by Gasteiger charge is 2.16. The van der Waals surface area contributed by atoms with Gasteiger partial charge in [-0.3, -0.25) is 4.79 Å². The number of sulfone groups is 1. The Hall–Kier alpha value is -2.09. The van der Waals surface area contributed by atoms with Crippen LogP contribution in [0.25, 0.3) is 11.3 Å². The fourth-order valence-electron chi connectivity index (χ4n) is 2.41. The van der Waals surface area contributed by atoms with Gasteiger partial charge in [-0.1, -0.05) is 39.7 Å². The van der Waals surface area contributed by atoms with E-state index in [1.165, 1.54) is 18.2 Å². The Morgan fingerprint density at radius 1 is 1.11 bits per heavy atom. The van der Waals surface area contributed by atoms with Crippen LogP contribution in [0, 0.1) is 0 Å². The highest BCUT2D eigenvalue weighted by molar-refractivity contribution is 9.10. The summed E-state index contributed by atoms with van der Waals surface area (Å²) in [5, 5.41) is 2.87. The third-order valence-electron chi connectivity index (χ3n) is 3.82. The van der Waals surface area contributed by atoms with Crippen molar-refractivity contribution in [1.82, 2.24) is 5.32 Å². The molecule has 3 aromatic rings. The summed E-state index contributed by atoms with van der Waals surface area (Å²) in [5.74, 6) is 0.771. The number of furan rings is 1. The highest BCUT2D eigenvalue weighted by atomic mass is 79.9. The predicted molar refractivity (Wildman–Crippen MR) is 108 cm³/mol. The van der Waals surface area contributed by atoms with Gasteiger partial charge in [0.15, 0.2) is 9.84 Å². The fourth-order valence-corrected chi connectivity index (χ4v) is 3.53. The molecule has 27 heavy (non-hydrogen) atoms. The van der Waals surface area contributed by atoms with E-state index in [1.54, 1.807) is 6.07 Å². The number of hydrogen-bond donors (Lipinski definition) is 1. The lowest BCUT2D eigenvalue weighted by atomic mass is 10.2. The number of amides is 1. The molecule has 0 saturated heterocycles. The van der Waals surface area contributed by atoms with E-state index in [1.807, 2.05) is 30.3 Å². The zero-order valence-electron chi connectivity index (χ0n) is 14.2. The first kappa shape index (κ1) is 19.7. The van der Waals surface area contributed by atoms with E-state index in [4.69, 9.17) is 16.0 Å². The van der Waals surface area contributed by atoms with Gasteiger partial charge in [0.05, 0.1) is 22.0 Å². The van der Waals surface area contributed by atoms with Crippen molar-refractivity contribution in [3.63, 3.8) is 0 Å². The van der Waals surface area contributed by atoms with Gasteiger partial charge < -0.3 is 9.73 Å². The van der Waals surface area contributed by atoms with Gasteiger partial charge in [0.2, 0.25) is 0 Å². The lowest BCUT2D eigenvalue weighted by Crippen LogP contribution is -2.23. The number of hydrogen-bond acceptors (Lipinski definition) is 4. The smallest absolute Gasteiger partial charge is 0.253 e. The van der Waals surface area contributed by atoms with Gasteiger partial charge in [-0.05, 0) is 42.5 Å². The van der Waals surface area contributed by atoms with Crippen LogP contribution in [0.1, 0.15) is 16.1 Å². The normalized spacial score (nSPS) is 11.4. The van der Waals surface area contributed by atoms with Crippen LogP contribution < -0.4 is 5.32 Å². The van der Waals surface area contributed by atoms with Gasteiger partial charge in [0.1, 0.15) is 11.5 Å².